The van der Waals surface area contributed by atoms with Gasteiger partial charge in [-0.05, 0) is 36.1 Å². The number of thiophene rings is 1. The number of aromatic carboxylic acids is 1. The summed E-state index contributed by atoms with van der Waals surface area (Å²) in [6.45, 7) is 2.47. The zero-order valence-corrected chi connectivity index (χ0v) is 17.3. The van der Waals surface area contributed by atoms with Crippen molar-refractivity contribution in [3.63, 3.8) is 0 Å². The molecule has 0 saturated carbocycles. The molecule has 0 spiro atoms. The summed E-state index contributed by atoms with van der Waals surface area (Å²) < 4.78 is 5.35. The van der Waals surface area contributed by atoms with Gasteiger partial charge in [-0.15, -0.1) is 11.3 Å². The number of carboxylic acid groups (broad SMARTS) is 1. The lowest BCUT2D eigenvalue weighted by Gasteiger charge is -2.27. The van der Waals surface area contributed by atoms with Crippen molar-refractivity contribution >= 4 is 51.6 Å². The molecule has 0 bridgehead atoms. The molecule has 8 heteroatoms. The van der Waals surface area contributed by atoms with Crippen molar-refractivity contribution in [3.05, 3.63) is 55.9 Å². The number of allylic oxidation sites excluding steroid dienone is 1. The molecule has 0 unspecified atom stereocenters. The minimum atomic E-state index is -0.996. The summed E-state index contributed by atoms with van der Waals surface area (Å²) in [6, 6.07) is 7.57. The van der Waals surface area contributed by atoms with Crippen LogP contribution in [0.2, 0.25) is 10.0 Å². The monoisotopic (exact) mass is 436 g/mol. The number of morpholine rings is 1. The maximum atomic E-state index is 11.7. The van der Waals surface area contributed by atoms with E-state index >= 15 is 0 Å². The Kier molecular flexibility index (Phi) is 6.97. The maximum Gasteiger partial charge on any atom is 0.346 e. The van der Waals surface area contributed by atoms with Crippen LogP contribution in [0.15, 0.2) is 24.3 Å². The van der Waals surface area contributed by atoms with E-state index in [-0.39, 0.29) is 4.88 Å². The summed E-state index contributed by atoms with van der Waals surface area (Å²) >= 11 is 13.1. The lowest BCUT2D eigenvalue weighted by molar-refractivity contribution is 0.0701. The number of benzene rings is 1. The van der Waals surface area contributed by atoms with Gasteiger partial charge in [-0.1, -0.05) is 41.4 Å². The predicted octanol–water partition coefficient (Wildman–Crippen LogP) is 5.11. The Morgan fingerprint density at radius 3 is 2.71 bits per heavy atom. The average Bonchev–Trinajstić information content (AvgIpc) is 3.07. The normalized spacial score (nSPS) is 14.4. The van der Waals surface area contributed by atoms with Gasteiger partial charge in [0, 0.05) is 13.1 Å². The minimum Gasteiger partial charge on any atom is -0.477 e. The Bertz CT molecular complexity index is 944. The van der Waals surface area contributed by atoms with Crippen molar-refractivity contribution in [2.45, 2.75) is 12.8 Å². The smallest absolute Gasteiger partial charge is 0.346 e. The highest BCUT2D eigenvalue weighted by atomic mass is 35.5. The molecule has 3 rings (SSSR count). The number of nitriles is 1. The number of hydrogen-bond donors (Lipinski definition) is 1. The first-order valence-corrected chi connectivity index (χ1v) is 10.3. The molecule has 146 valence electrons. The summed E-state index contributed by atoms with van der Waals surface area (Å²) in [7, 11) is 0. The topological polar surface area (TPSA) is 73.6 Å². The molecule has 2 aromatic rings. The second-order valence-corrected chi connectivity index (χ2v) is 8.03. The van der Waals surface area contributed by atoms with Crippen LogP contribution in [-0.2, 0) is 11.2 Å². The third-order valence-electron chi connectivity index (χ3n) is 4.41. The molecule has 1 saturated heterocycles. The van der Waals surface area contributed by atoms with Crippen LogP contribution in [0.5, 0.6) is 0 Å². The van der Waals surface area contributed by atoms with E-state index in [1.54, 1.807) is 12.1 Å². The molecule has 1 aromatic carbocycles. The van der Waals surface area contributed by atoms with E-state index < -0.39 is 5.97 Å². The van der Waals surface area contributed by atoms with Gasteiger partial charge in [0.2, 0.25) is 0 Å². The van der Waals surface area contributed by atoms with Crippen molar-refractivity contribution in [3.8, 4) is 6.07 Å². The van der Waals surface area contributed by atoms with Crippen LogP contribution in [0.25, 0.3) is 6.08 Å². The van der Waals surface area contributed by atoms with E-state index in [2.05, 4.69) is 6.07 Å². The molecule has 2 heterocycles. The number of carboxylic acids is 1. The highest BCUT2D eigenvalue weighted by molar-refractivity contribution is 7.18. The van der Waals surface area contributed by atoms with E-state index in [9.17, 15) is 15.2 Å². The first kappa shape index (κ1) is 20.7. The van der Waals surface area contributed by atoms with Gasteiger partial charge < -0.3 is 14.7 Å². The predicted molar refractivity (Wildman–Crippen MR) is 113 cm³/mol. The highest BCUT2D eigenvalue weighted by Gasteiger charge is 2.26. The van der Waals surface area contributed by atoms with E-state index in [1.807, 2.05) is 23.1 Å². The summed E-state index contributed by atoms with van der Waals surface area (Å²) in [5.74, 6) is -0.996. The fraction of sp³-hybridized carbons (Fsp3) is 0.300. The molecule has 1 aromatic heterocycles. The Morgan fingerprint density at radius 2 is 2.07 bits per heavy atom. The maximum absolute atomic E-state index is 11.7. The van der Waals surface area contributed by atoms with Crippen LogP contribution in [0.4, 0.5) is 5.00 Å². The summed E-state index contributed by atoms with van der Waals surface area (Å²) in [6.07, 6.45) is 4.93. The number of anilines is 1. The van der Waals surface area contributed by atoms with Gasteiger partial charge in [0.1, 0.15) is 15.9 Å². The van der Waals surface area contributed by atoms with Gasteiger partial charge in [0.25, 0.3) is 0 Å². The first-order chi connectivity index (χ1) is 13.5. The fourth-order valence-electron chi connectivity index (χ4n) is 3.03. The van der Waals surface area contributed by atoms with Crippen molar-refractivity contribution in [1.82, 2.24) is 0 Å². The van der Waals surface area contributed by atoms with Crippen LogP contribution in [0.3, 0.4) is 0 Å². The summed E-state index contributed by atoms with van der Waals surface area (Å²) in [5.41, 5.74) is 1.97. The summed E-state index contributed by atoms with van der Waals surface area (Å²) in [4.78, 5) is 14.0. The van der Waals surface area contributed by atoms with Gasteiger partial charge >= 0.3 is 5.97 Å². The Hall–Kier alpha value is -2.04. The fourth-order valence-corrected chi connectivity index (χ4v) is 4.53. The van der Waals surface area contributed by atoms with Gasteiger partial charge in [0.05, 0.1) is 28.8 Å². The molecule has 28 heavy (non-hydrogen) atoms. The largest absolute Gasteiger partial charge is 0.477 e. The van der Waals surface area contributed by atoms with Crippen molar-refractivity contribution < 1.29 is 14.6 Å². The quantitative estimate of drug-likeness (QED) is 0.680. The second-order valence-electron chi connectivity index (χ2n) is 6.22. The molecular weight excluding hydrogens is 419 g/mol. The molecule has 0 atom stereocenters. The van der Waals surface area contributed by atoms with Crippen LogP contribution >= 0.6 is 34.5 Å². The van der Waals surface area contributed by atoms with Crippen LogP contribution in [-0.4, -0.2) is 37.4 Å². The molecule has 0 aliphatic carbocycles. The van der Waals surface area contributed by atoms with Gasteiger partial charge in [-0.25, -0.2) is 4.79 Å². The van der Waals surface area contributed by atoms with Gasteiger partial charge in [-0.3, -0.25) is 0 Å². The third kappa shape index (κ3) is 4.68. The standard InChI is InChI=1S/C20H18Cl2N2O3S/c21-16-6-5-13(11-17(16)22)3-1-2-4-14-15(12-23)19(28-18(14)20(25)26)24-7-9-27-10-8-24/h1,3,5-6,11H,2,4,7-10H2,(H,25,26). The molecule has 0 amide bonds. The first-order valence-electron chi connectivity index (χ1n) is 8.74. The molecule has 1 N–H and O–H groups in total. The number of halogens is 2. The lowest BCUT2D eigenvalue weighted by atomic mass is 10.0. The molecular formula is C20H18Cl2N2O3S. The number of nitrogens with zero attached hydrogens (tertiary/aromatic N) is 2. The van der Waals surface area contributed by atoms with E-state index in [0.717, 1.165) is 10.6 Å². The molecule has 1 fully saturated rings. The molecule has 0 radical (unpaired) electrons. The number of hydrogen-bond acceptors (Lipinski definition) is 5. The molecule has 1 aliphatic heterocycles. The van der Waals surface area contributed by atoms with Crippen molar-refractivity contribution in [1.29, 1.82) is 5.26 Å². The Labute approximate surface area is 177 Å². The van der Waals surface area contributed by atoms with Crippen LogP contribution in [0.1, 0.15) is 32.8 Å². The highest BCUT2D eigenvalue weighted by Crippen LogP contribution is 2.37. The summed E-state index contributed by atoms with van der Waals surface area (Å²) in [5, 5.41) is 21.0. The molecule has 5 nitrogen and oxygen atoms in total. The SMILES string of the molecule is N#Cc1c(N2CCOCC2)sc(C(=O)O)c1CCC=Cc1ccc(Cl)c(Cl)c1. The zero-order chi connectivity index (χ0) is 20.1. The number of rotatable bonds is 6. The second kappa shape index (κ2) is 9.44. The lowest BCUT2D eigenvalue weighted by Crippen LogP contribution is -2.36. The Balaban J connectivity index is 1.79. The van der Waals surface area contributed by atoms with Gasteiger partial charge in [0.15, 0.2) is 0 Å². The van der Waals surface area contributed by atoms with E-state index in [0.29, 0.717) is 60.3 Å². The zero-order valence-electron chi connectivity index (χ0n) is 15.0. The van der Waals surface area contributed by atoms with E-state index in [1.165, 1.54) is 11.3 Å². The molecule has 1 aliphatic rings. The third-order valence-corrected chi connectivity index (χ3v) is 6.43. The van der Waals surface area contributed by atoms with Crippen molar-refractivity contribution in [2.75, 3.05) is 31.2 Å². The minimum absolute atomic E-state index is 0.237. The van der Waals surface area contributed by atoms with Crippen molar-refractivity contribution in [2.24, 2.45) is 0 Å². The average molecular weight is 437 g/mol. The van der Waals surface area contributed by atoms with Crippen LogP contribution in [0, 0.1) is 11.3 Å². The van der Waals surface area contributed by atoms with Gasteiger partial charge in [-0.2, -0.15) is 5.26 Å². The Morgan fingerprint density at radius 1 is 1.32 bits per heavy atom. The number of ether oxygens (including phenoxy) is 1. The van der Waals surface area contributed by atoms with E-state index in [4.69, 9.17) is 27.9 Å². The van der Waals surface area contributed by atoms with Crippen LogP contribution < -0.4 is 4.90 Å². The number of carbonyl (C=O) groups is 1.